The molecule has 2 aliphatic rings. The van der Waals surface area contributed by atoms with E-state index in [2.05, 4.69) is 4.90 Å². The maximum Gasteiger partial charge on any atom is 0.528 e. The number of rotatable bonds is 5. The highest BCUT2D eigenvalue weighted by atomic mass is 16.8. The van der Waals surface area contributed by atoms with E-state index in [0.29, 0.717) is 43.0 Å². The Morgan fingerprint density at radius 3 is 2.67 bits per heavy atom. The molecule has 166 valence electrons. The summed E-state index contributed by atoms with van der Waals surface area (Å²) in [4.78, 5) is 31.4. The smallest absolute Gasteiger partial charge is 0.493 e. The van der Waals surface area contributed by atoms with E-state index in [-0.39, 0.29) is 5.97 Å². The van der Waals surface area contributed by atoms with E-state index in [0.717, 1.165) is 25.9 Å². The molecule has 0 saturated carbocycles. The van der Waals surface area contributed by atoms with Crippen LogP contribution in [0.25, 0.3) is 0 Å². The predicted molar refractivity (Wildman–Crippen MR) is 110 cm³/mol. The molecule has 0 radical (unpaired) electrons. The molecule has 0 unspecified atom stereocenters. The number of ether oxygens (including phenoxy) is 3. The maximum atomic E-state index is 11.9. The number of benzene rings is 1. The summed E-state index contributed by atoms with van der Waals surface area (Å²) >= 11 is 0. The van der Waals surface area contributed by atoms with Crippen LogP contribution in [0.1, 0.15) is 44.0 Å². The first-order valence-electron chi connectivity index (χ1n) is 10.4. The monoisotopic (exact) mass is 420 g/mol. The summed E-state index contributed by atoms with van der Waals surface area (Å²) in [7, 11) is 1.37. The average molecular weight is 421 g/mol. The largest absolute Gasteiger partial charge is 0.528 e. The fourth-order valence-electron chi connectivity index (χ4n) is 3.87. The van der Waals surface area contributed by atoms with Crippen molar-refractivity contribution in [2.75, 3.05) is 39.9 Å². The molecule has 2 saturated heterocycles. The Balaban J connectivity index is 1.44. The van der Waals surface area contributed by atoms with E-state index < -0.39 is 11.8 Å². The van der Waals surface area contributed by atoms with Crippen molar-refractivity contribution in [3.63, 3.8) is 0 Å². The SMILES string of the molecule is COC(=O)c1cccc(OC[C@@H]2CC[C@H]3CN(OC(=O)OC(C)(C)C)CCN3C2)c1. The Morgan fingerprint density at radius 1 is 1.13 bits per heavy atom. The van der Waals surface area contributed by atoms with Gasteiger partial charge in [-0.15, -0.1) is 5.06 Å². The molecule has 2 atom stereocenters. The lowest BCUT2D eigenvalue weighted by molar-refractivity contribution is -0.173. The van der Waals surface area contributed by atoms with Gasteiger partial charge in [-0.1, -0.05) is 6.07 Å². The van der Waals surface area contributed by atoms with Crippen molar-refractivity contribution in [2.45, 2.75) is 45.3 Å². The highest BCUT2D eigenvalue weighted by Crippen LogP contribution is 2.26. The zero-order chi connectivity index (χ0) is 21.7. The molecule has 8 heteroatoms. The van der Waals surface area contributed by atoms with Gasteiger partial charge in [-0.3, -0.25) is 4.90 Å². The molecule has 30 heavy (non-hydrogen) atoms. The normalized spacial score (nSPS) is 22.7. The molecular formula is C22H32N2O6. The van der Waals surface area contributed by atoms with Crippen LogP contribution in [0.3, 0.4) is 0 Å². The maximum absolute atomic E-state index is 11.9. The van der Waals surface area contributed by atoms with E-state index >= 15 is 0 Å². The zero-order valence-corrected chi connectivity index (χ0v) is 18.3. The fraction of sp³-hybridized carbons (Fsp3) is 0.636. The summed E-state index contributed by atoms with van der Waals surface area (Å²) in [6.45, 7) is 9.19. The summed E-state index contributed by atoms with van der Waals surface area (Å²) in [6.07, 6.45) is 1.41. The second-order valence-corrected chi connectivity index (χ2v) is 8.87. The second-order valence-electron chi connectivity index (χ2n) is 8.87. The van der Waals surface area contributed by atoms with Crippen molar-refractivity contribution < 1.29 is 28.6 Å². The lowest BCUT2D eigenvalue weighted by Gasteiger charge is -2.45. The van der Waals surface area contributed by atoms with E-state index in [1.165, 1.54) is 7.11 Å². The van der Waals surface area contributed by atoms with Gasteiger partial charge in [0.2, 0.25) is 0 Å². The Morgan fingerprint density at radius 2 is 1.93 bits per heavy atom. The number of methoxy groups -OCH3 is 1. The molecule has 0 aromatic heterocycles. The third-order valence-electron chi connectivity index (χ3n) is 5.30. The van der Waals surface area contributed by atoms with Crippen LogP contribution in [0.15, 0.2) is 24.3 Å². The number of fused-ring (bicyclic) bond motifs is 1. The Kier molecular flexibility index (Phi) is 7.20. The molecule has 1 aromatic carbocycles. The van der Waals surface area contributed by atoms with Gasteiger partial charge in [0.1, 0.15) is 11.4 Å². The van der Waals surface area contributed by atoms with Crippen LogP contribution in [-0.2, 0) is 14.3 Å². The zero-order valence-electron chi connectivity index (χ0n) is 18.3. The minimum Gasteiger partial charge on any atom is -0.493 e. The first kappa shape index (κ1) is 22.4. The predicted octanol–water partition coefficient (Wildman–Crippen LogP) is 3.11. The number of esters is 1. The number of carbonyl (C=O) groups is 2. The quantitative estimate of drug-likeness (QED) is 0.673. The molecule has 0 amide bonds. The highest BCUT2D eigenvalue weighted by molar-refractivity contribution is 5.89. The first-order valence-corrected chi connectivity index (χ1v) is 10.4. The Hall–Kier alpha value is -2.32. The molecule has 0 N–H and O–H groups in total. The highest BCUT2D eigenvalue weighted by Gasteiger charge is 2.35. The molecule has 1 aromatic rings. The summed E-state index contributed by atoms with van der Waals surface area (Å²) in [6, 6.07) is 7.43. The Bertz CT molecular complexity index is 747. The number of carbonyl (C=O) groups excluding carboxylic acids is 2. The van der Waals surface area contributed by atoms with E-state index in [9.17, 15) is 9.59 Å². The lowest BCUT2D eigenvalue weighted by Crippen LogP contribution is -2.57. The number of piperazine rings is 1. The number of hydroxylamine groups is 2. The number of hydrogen-bond acceptors (Lipinski definition) is 8. The second kappa shape index (κ2) is 9.66. The van der Waals surface area contributed by atoms with Gasteiger partial charge in [-0.2, -0.15) is 0 Å². The van der Waals surface area contributed by atoms with Crippen LogP contribution in [-0.4, -0.2) is 73.6 Å². The number of hydrogen-bond donors (Lipinski definition) is 0. The van der Waals surface area contributed by atoms with Crippen LogP contribution in [0.5, 0.6) is 5.75 Å². The fourth-order valence-corrected chi connectivity index (χ4v) is 3.87. The average Bonchev–Trinajstić information content (AvgIpc) is 2.70. The van der Waals surface area contributed by atoms with Crippen LogP contribution in [0.2, 0.25) is 0 Å². The summed E-state index contributed by atoms with van der Waals surface area (Å²) in [5.41, 5.74) is -0.0762. The van der Waals surface area contributed by atoms with Gasteiger partial charge in [0.15, 0.2) is 0 Å². The van der Waals surface area contributed by atoms with Gasteiger partial charge in [0, 0.05) is 31.6 Å². The van der Waals surface area contributed by atoms with E-state index in [1.807, 2.05) is 26.8 Å². The van der Waals surface area contributed by atoms with E-state index in [1.54, 1.807) is 23.3 Å². The van der Waals surface area contributed by atoms with Crippen molar-refractivity contribution in [3.8, 4) is 5.75 Å². The van der Waals surface area contributed by atoms with Crippen LogP contribution < -0.4 is 4.74 Å². The van der Waals surface area contributed by atoms with Gasteiger partial charge < -0.3 is 19.0 Å². The van der Waals surface area contributed by atoms with E-state index in [4.69, 9.17) is 19.0 Å². The number of piperidine rings is 1. The van der Waals surface area contributed by atoms with Gasteiger partial charge in [-0.25, -0.2) is 9.59 Å². The molecule has 8 nitrogen and oxygen atoms in total. The summed E-state index contributed by atoms with van der Waals surface area (Å²) in [5, 5.41) is 1.71. The number of nitrogens with zero attached hydrogens (tertiary/aromatic N) is 2. The lowest BCUT2D eigenvalue weighted by atomic mass is 9.92. The molecule has 2 fully saturated rings. The third kappa shape index (κ3) is 6.34. The van der Waals surface area contributed by atoms with Crippen LogP contribution >= 0.6 is 0 Å². The molecule has 2 aliphatic heterocycles. The molecule has 0 aliphatic carbocycles. The first-order chi connectivity index (χ1) is 14.2. The molecule has 2 heterocycles. The minimum absolute atomic E-state index is 0.361. The van der Waals surface area contributed by atoms with Crippen molar-refractivity contribution in [3.05, 3.63) is 29.8 Å². The minimum atomic E-state index is -0.646. The standard InChI is InChI=1S/C22H32N2O6/c1-22(2,3)29-21(26)30-24-11-10-23-13-16(8-9-18(23)14-24)15-28-19-7-5-6-17(12-19)20(25)27-4/h5-7,12,16,18H,8-11,13-15H2,1-4H3/t16-,18+/m1/s1. The molecule has 0 spiro atoms. The molecule has 3 rings (SSSR count). The van der Waals surface area contributed by atoms with Gasteiger partial charge in [0.25, 0.3) is 0 Å². The summed E-state index contributed by atoms with van der Waals surface area (Å²) < 4.78 is 15.9. The summed E-state index contributed by atoms with van der Waals surface area (Å²) in [5.74, 6) is 0.726. The topological polar surface area (TPSA) is 77.5 Å². The van der Waals surface area contributed by atoms with Gasteiger partial charge in [-0.05, 0) is 51.8 Å². The van der Waals surface area contributed by atoms with Crippen LogP contribution in [0, 0.1) is 5.92 Å². The van der Waals surface area contributed by atoms with Crippen molar-refractivity contribution in [1.29, 1.82) is 0 Å². The third-order valence-corrected chi connectivity index (χ3v) is 5.30. The molecule has 0 bridgehead atoms. The van der Waals surface area contributed by atoms with Crippen molar-refractivity contribution in [2.24, 2.45) is 5.92 Å². The van der Waals surface area contributed by atoms with Crippen LogP contribution in [0.4, 0.5) is 4.79 Å². The van der Waals surface area contributed by atoms with Crippen molar-refractivity contribution in [1.82, 2.24) is 9.96 Å². The van der Waals surface area contributed by atoms with Gasteiger partial charge in [0.05, 0.1) is 25.8 Å². The van der Waals surface area contributed by atoms with Gasteiger partial charge >= 0.3 is 12.1 Å². The van der Waals surface area contributed by atoms with Crippen molar-refractivity contribution >= 4 is 12.1 Å². The Labute approximate surface area is 178 Å². The molecular weight excluding hydrogens is 388 g/mol.